The Labute approximate surface area is 181 Å². The van der Waals surface area contributed by atoms with Gasteiger partial charge in [0.1, 0.15) is 5.52 Å². The van der Waals surface area contributed by atoms with Crippen LogP contribution in [0.5, 0.6) is 17.2 Å². The van der Waals surface area contributed by atoms with Crippen LogP contribution in [0, 0.1) is 0 Å². The quantitative estimate of drug-likeness (QED) is 0.566. The summed E-state index contributed by atoms with van der Waals surface area (Å²) < 4.78 is 22.1. The second kappa shape index (κ2) is 9.29. The maximum absolute atomic E-state index is 12.8. The van der Waals surface area contributed by atoms with Crippen LogP contribution in [0.4, 0.5) is 0 Å². The van der Waals surface area contributed by atoms with Gasteiger partial charge in [0.05, 0.1) is 21.3 Å². The number of carbonyl (C=O) groups is 1. The van der Waals surface area contributed by atoms with Crippen LogP contribution in [-0.4, -0.2) is 50.2 Å². The number of aromatic nitrogens is 1. The van der Waals surface area contributed by atoms with Crippen LogP contribution in [0.25, 0.3) is 11.1 Å². The van der Waals surface area contributed by atoms with Crippen molar-refractivity contribution >= 4 is 17.0 Å². The largest absolute Gasteiger partial charge is 0.493 e. The first kappa shape index (κ1) is 21.0. The number of likely N-dealkylation sites (tertiary alicyclic amines) is 1. The fourth-order valence-electron chi connectivity index (χ4n) is 4.13. The molecule has 1 amide bonds. The summed E-state index contributed by atoms with van der Waals surface area (Å²) in [6, 6.07) is 11.6. The fourth-order valence-corrected chi connectivity index (χ4v) is 4.13. The van der Waals surface area contributed by atoms with Crippen molar-refractivity contribution in [2.75, 3.05) is 34.4 Å². The molecule has 0 saturated carbocycles. The van der Waals surface area contributed by atoms with Gasteiger partial charge in [-0.1, -0.05) is 12.1 Å². The lowest BCUT2D eigenvalue weighted by atomic mass is 9.96. The number of methoxy groups -OCH3 is 3. The number of rotatable bonds is 7. The van der Waals surface area contributed by atoms with Crippen LogP contribution >= 0.6 is 0 Å². The van der Waals surface area contributed by atoms with Gasteiger partial charge in [-0.2, -0.15) is 0 Å². The highest BCUT2D eigenvalue weighted by Crippen LogP contribution is 2.38. The standard InChI is InChI=1S/C24H28N2O5/c1-28-20-14-16(15-21(29-2)23(20)30-3)8-9-22(27)26-12-10-17(11-13-26)24-25-18-6-4-5-7-19(18)31-24/h4-7,14-15,17H,8-13H2,1-3H3. The number of ether oxygens (including phenoxy) is 3. The lowest BCUT2D eigenvalue weighted by Gasteiger charge is -2.30. The number of aryl methyl sites for hydroxylation is 1. The Hall–Kier alpha value is -3.22. The first-order valence-corrected chi connectivity index (χ1v) is 10.5. The molecular formula is C24H28N2O5. The number of benzene rings is 2. The van der Waals surface area contributed by atoms with Crippen LogP contribution < -0.4 is 14.2 Å². The monoisotopic (exact) mass is 424 g/mol. The van der Waals surface area contributed by atoms with E-state index in [9.17, 15) is 4.79 Å². The van der Waals surface area contributed by atoms with E-state index in [0.29, 0.717) is 30.1 Å². The molecule has 0 atom stereocenters. The number of hydrogen-bond donors (Lipinski definition) is 0. The Bertz CT molecular complexity index is 995. The molecule has 1 aliphatic rings. The normalized spacial score (nSPS) is 14.6. The molecule has 7 nitrogen and oxygen atoms in total. The molecule has 164 valence electrons. The molecule has 0 unspecified atom stereocenters. The molecule has 1 fully saturated rings. The molecule has 0 N–H and O–H groups in total. The van der Waals surface area contributed by atoms with E-state index in [1.165, 1.54) is 0 Å². The average molecular weight is 424 g/mol. The Morgan fingerprint density at radius 3 is 2.35 bits per heavy atom. The van der Waals surface area contributed by atoms with Crippen LogP contribution in [0.3, 0.4) is 0 Å². The van der Waals surface area contributed by atoms with Gasteiger partial charge in [-0.15, -0.1) is 0 Å². The summed E-state index contributed by atoms with van der Waals surface area (Å²) in [6.45, 7) is 1.44. The van der Waals surface area contributed by atoms with Gasteiger partial charge in [0.25, 0.3) is 0 Å². The number of para-hydroxylation sites is 2. The SMILES string of the molecule is COc1cc(CCC(=O)N2CCC(c3nc4ccccc4o3)CC2)cc(OC)c1OC. The average Bonchev–Trinajstić information content (AvgIpc) is 3.26. The summed E-state index contributed by atoms with van der Waals surface area (Å²) in [4.78, 5) is 19.4. The molecule has 31 heavy (non-hydrogen) atoms. The molecule has 0 spiro atoms. The van der Waals surface area contributed by atoms with E-state index in [4.69, 9.17) is 18.6 Å². The van der Waals surface area contributed by atoms with Gasteiger partial charge in [0.2, 0.25) is 11.7 Å². The summed E-state index contributed by atoms with van der Waals surface area (Å²) in [7, 11) is 4.76. The first-order valence-electron chi connectivity index (χ1n) is 10.5. The van der Waals surface area contributed by atoms with E-state index in [-0.39, 0.29) is 11.8 Å². The zero-order valence-corrected chi connectivity index (χ0v) is 18.2. The van der Waals surface area contributed by atoms with Gasteiger partial charge in [0, 0.05) is 25.4 Å². The molecule has 7 heteroatoms. The summed E-state index contributed by atoms with van der Waals surface area (Å²) in [5.74, 6) is 2.95. The minimum Gasteiger partial charge on any atom is -0.493 e. The number of carbonyl (C=O) groups excluding carboxylic acids is 1. The Balaban J connectivity index is 1.34. The van der Waals surface area contributed by atoms with Crippen molar-refractivity contribution in [2.24, 2.45) is 0 Å². The zero-order chi connectivity index (χ0) is 21.8. The Kier molecular flexibility index (Phi) is 6.30. The van der Waals surface area contributed by atoms with E-state index in [2.05, 4.69) is 4.98 Å². The molecular weight excluding hydrogens is 396 g/mol. The van der Waals surface area contributed by atoms with Crippen LogP contribution in [0.15, 0.2) is 40.8 Å². The van der Waals surface area contributed by atoms with Crippen molar-refractivity contribution in [3.63, 3.8) is 0 Å². The number of piperidine rings is 1. The molecule has 1 saturated heterocycles. The molecule has 4 rings (SSSR count). The number of oxazole rings is 1. The zero-order valence-electron chi connectivity index (χ0n) is 18.2. The predicted octanol–water partition coefficient (Wildman–Crippen LogP) is 4.19. The third-order valence-corrected chi connectivity index (χ3v) is 5.86. The summed E-state index contributed by atoms with van der Waals surface area (Å²) in [5, 5.41) is 0. The molecule has 2 heterocycles. The molecule has 0 aliphatic carbocycles. The molecule has 3 aromatic rings. The van der Waals surface area contributed by atoms with E-state index in [1.54, 1.807) is 21.3 Å². The Morgan fingerprint density at radius 1 is 1.06 bits per heavy atom. The van der Waals surface area contributed by atoms with E-state index in [1.807, 2.05) is 41.3 Å². The second-order valence-corrected chi connectivity index (χ2v) is 7.71. The van der Waals surface area contributed by atoms with Gasteiger partial charge < -0.3 is 23.5 Å². The number of nitrogens with zero attached hydrogens (tertiary/aromatic N) is 2. The third kappa shape index (κ3) is 4.45. The topological polar surface area (TPSA) is 74.0 Å². The van der Waals surface area contributed by atoms with Crippen molar-refractivity contribution in [1.82, 2.24) is 9.88 Å². The van der Waals surface area contributed by atoms with Crippen molar-refractivity contribution in [3.05, 3.63) is 47.9 Å². The van der Waals surface area contributed by atoms with Crippen LogP contribution in [0.2, 0.25) is 0 Å². The van der Waals surface area contributed by atoms with E-state index >= 15 is 0 Å². The minimum absolute atomic E-state index is 0.157. The van der Waals surface area contributed by atoms with Gasteiger partial charge >= 0.3 is 0 Å². The third-order valence-electron chi connectivity index (χ3n) is 5.86. The van der Waals surface area contributed by atoms with E-state index < -0.39 is 0 Å². The molecule has 0 bridgehead atoms. The predicted molar refractivity (Wildman–Crippen MR) is 117 cm³/mol. The molecule has 1 aliphatic heterocycles. The minimum atomic E-state index is 0.157. The fraction of sp³-hybridized carbons (Fsp3) is 0.417. The number of amides is 1. The number of fused-ring (bicyclic) bond motifs is 1. The maximum atomic E-state index is 12.8. The van der Waals surface area contributed by atoms with Gasteiger partial charge in [-0.05, 0) is 49.1 Å². The summed E-state index contributed by atoms with van der Waals surface area (Å²) >= 11 is 0. The summed E-state index contributed by atoms with van der Waals surface area (Å²) in [5.41, 5.74) is 2.69. The highest BCUT2D eigenvalue weighted by molar-refractivity contribution is 5.76. The first-order chi connectivity index (χ1) is 15.1. The van der Waals surface area contributed by atoms with Crippen molar-refractivity contribution in [3.8, 4) is 17.2 Å². The number of hydrogen-bond acceptors (Lipinski definition) is 6. The van der Waals surface area contributed by atoms with Crippen molar-refractivity contribution in [2.45, 2.75) is 31.6 Å². The molecule has 1 aromatic heterocycles. The Morgan fingerprint density at radius 2 is 1.74 bits per heavy atom. The highest BCUT2D eigenvalue weighted by Gasteiger charge is 2.27. The molecule has 2 aromatic carbocycles. The highest BCUT2D eigenvalue weighted by atomic mass is 16.5. The van der Waals surface area contributed by atoms with Crippen molar-refractivity contribution < 1.29 is 23.4 Å². The lowest BCUT2D eigenvalue weighted by Crippen LogP contribution is -2.38. The van der Waals surface area contributed by atoms with Gasteiger partial charge in [-0.3, -0.25) is 4.79 Å². The van der Waals surface area contributed by atoms with Gasteiger partial charge in [0.15, 0.2) is 23.0 Å². The van der Waals surface area contributed by atoms with Gasteiger partial charge in [-0.25, -0.2) is 4.98 Å². The van der Waals surface area contributed by atoms with E-state index in [0.717, 1.165) is 48.5 Å². The molecule has 0 radical (unpaired) electrons. The second-order valence-electron chi connectivity index (χ2n) is 7.71. The maximum Gasteiger partial charge on any atom is 0.222 e. The van der Waals surface area contributed by atoms with Crippen molar-refractivity contribution in [1.29, 1.82) is 0 Å². The summed E-state index contributed by atoms with van der Waals surface area (Å²) in [6.07, 6.45) is 2.78. The smallest absolute Gasteiger partial charge is 0.222 e. The lowest BCUT2D eigenvalue weighted by molar-refractivity contribution is -0.132. The van der Waals surface area contributed by atoms with Crippen LogP contribution in [0.1, 0.15) is 36.6 Å². The van der Waals surface area contributed by atoms with Crippen LogP contribution in [-0.2, 0) is 11.2 Å².